The number of piperidine rings is 1. The Morgan fingerprint density at radius 2 is 1.63 bits per heavy atom. The Bertz CT molecular complexity index is 325. The molecule has 5 aliphatic rings. The molecule has 0 aromatic heterocycles. The standard InChI is InChI=1S/C17H29NO/c1-2-11-3-4-18-16(10-11)17(19)14-6-12-5-13(8-14)9-15(17)7-12/h11-16,18-19H,2-10H2,1H3. The first kappa shape index (κ1) is 12.6. The van der Waals surface area contributed by atoms with Crippen molar-refractivity contribution in [3.63, 3.8) is 0 Å². The van der Waals surface area contributed by atoms with Crippen LogP contribution in [0, 0.1) is 29.6 Å². The Kier molecular flexibility index (Phi) is 2.97. The number of rotatable bonds is 2. The maximum absolute atomic E-state index is 11.6. The molecule has 2 nitrogen and oxygen atoms in total. The molecule has 4 saturated carbocycles. The summed E-state index contributed by atoms with van der Waals surface area (Å²) in [6.07, 6.45) is 10.6. The summed E-state index contributed by atoms with van der Waals surface area (Å²) in [5.41, 5.74) is -0.360. The van der Waals surface area contributed by atoms with Gasteiger partial charge in [0.2, 0.25) is 0 Å². The van der Waals surface area contributed by atoms with E-state index < -0.39 is 0 Å². The van der Waals surface area contributed by atoms with Gasteiger partial charge in [0.25, 0.3) is 0 Å². The summed E-state index contributed by atoms with van der Waals surface area (Å²) in [6.45, 7) is 3.44. The Morgan fingerprint density at radius 1 is 1.00 bits per heavy atom. The van der Waals surface area contributed by atoms with Crippen LogP contribution in [0.15, 0.2) is 0 Å². The lowest BCUT2D eigenvalue weighted by molar-refractivity contribution is -0.194. The van der Waals surface area contributed by atoms with Crippen molar-refractivity contribution in [3.05, 3.63) is 0 Å². The maximum Gasteiger partial charge on any atom is 0.0856 e. The minimum absolute atomic E-state index is 0.360. The highest BCUT2D eigenvalue weighted by molar-refractivity contribution is 5.12. The topological polar surface area (TPSA) is 32.3 Å². The van der Waals surface area contributed by atoms with Gasteiger partial charge in [0.05, 0.1) is 5.60 Å². The smallest absolute Gasteiger partial charge is 0.0856 e. The van der Waals surface area contributed by atoms with Gasteiger partial charge >= 0.3 is 0 Å². The number of aliphatic hydroxyl groups is 1. The summed E-state index contributed by atoms with van der Waals surface area (Å²) < 4.78 is 0. The van der Waals surface area contributed by atoms with Crippen molar-refractivity contribution < 1.29 is 5.11 Å². The fourth-order valence-corrected chi connectivity index (χ4v) is 6.23. The molecule has 19 heavy (non-hydrogen) atoms. The van der Waals surface area contributed by atoms with Gasteiger partial charge in [-0.15, -0.1) is 0 Å². The van der Waals surface area contributed by atoms with Gasteiger partial charge in [0.15, 0.2) is 0 Å². The third-order valence-corrected chi connectivity index (χ3v) is 7.09. The van der Waals surface area contributed by atoms with E-state index in [4.69, 9.17) is 0 Å². The van der Waals surface area contributed by atoms with E-state index in [1.807, 2.05) is 0 Å². The van der Waals surface area contributed by atoms with E-state index in [9.17, 15) is 5.11 Å². The summed E-state index contributed by atoms with van der Waals surface area (Å²) in [7, 11) is 0. The van der Waals surface area contributed by atoms with Crippen LogP contribution in [0.3, 0.4) is 0 Å². The normalized spacial score (nSPS) is 56.5. The fourth-order valence-electron chi connectivity index (χ4n) is 6.23. The summed E-state index contributed by atoms with van der Waals surface area (Å²) in [6, 6.07) is 0.390. The highest BCUT2D eigenvalue weighted by atomic mass is 16.3. The van der Waals surface area contributed by atoms with E-state index in [2.05, 4.69) is 12.2 Å². The second-order valence-corrected chi connectivity index (χ2v) is 8.00. The molecule has 4 aliphatic carbocycles. The Balaban J connectivity index is 1.58. The quantitative estimate of drug-likeness (QED) is 0.803. The summed E-state index contributed by atoms with van der Waals surface area (Å²) in [4.78, 5) is 0. The van der Waals surface area contributed by atoms with E-state index in [1.54, 1.807) is 0 Å². The second kappa shape index (κ2) is 4.46. The predicted octanol–water partition coefficient (Wildman–Crippen LogP) is 2.95. The molecule has 5 fully saturated rings. The van der Waals surface area contributed by atoms with Crippen LogP contribution >= 0.6 is 0 Å². The van der Waals surface area contributed by atoms with E-state index in [1.165, 1.54) is 51.4 Å². The SMILES string of the molecule is CCC1CCNC(C2(O)C3CC4CC(C3)CC2C4)C1. The first-order valence-corrected chi connectivity index (χ1v) is 8.65. The molecule has 108 valence electrons. The van der Waals surface area contributed by atoms with Gasteiger partial charge in [-0.3, -0.25) is 0 Å². The highest BCUT2D eigenvalue weighted by Gasteiger charge is 2.59. The van der Waals surface area contributed by atoms with Crippen molar-refractivity contribution in [1.82, 2.24) is 5.32 Å². The molecule has 2 N–H and O–H groups in total. The minimum atomic E-state index is -0.360. The first-order chi connectivity index (χ1) is 9.20. The van der Waals surface area contributed by atoms with Crippen molar-refractivity contribution in [2.24, 2.45) is 29.6 Å². The lowest BCUT2D eigenvalue weighted by Crippen LogP contribution is -2.67. The van der Waals surface area contributed by atoms with E-state index in [0.29, 0.717) is 17.9 Å². The molecule has 0 amide bonds. The number of nitrogens with one attached hydrogen (secondary N) is 1. The molecule has 0 spiro atoms. The Morgan fingerprint density at radius 3 is 2.21 bits per heavy atom. The first-order valence-electron chi connectivity index (χ1n) is 8.65. The monoisotopic (exact) mass is 263 g/mol. The van der Waals surface area contributed by atoms with Crippen LogP contribution in [0.1, 0.15) is 58.3 Å². The van der Waals surface area contributed by atoms with Crippen molar-refractivity contribution >= 4 is 0 Å². The third-order valence-electron chi connectivity index (χ3n) is 7.09. The second-order valence-electron chi connectivity index (χ2n) is 8.00. The summed E-state index contributed by atoms with van der Waals surface area (Å²) >= 11 is 0. The molecular weight excluding hydrogens is 234 g/mol. The molecule has 1 heterocycles. The van der Waals surface area contributed by atoms with Crippen LogP contribution in [0.25, 0.3) is 0 Å². The fraction of sp³-hybridized carbons (Fsp3) is 1.00. The van der Waals surface area contributed by atoms with Crippen molar-refractivity contribution in [3.8, 4) is 0 Å². The predicted molar refractivity (Wildman–Crippen MR) is 76.8 cm³/mol. The van der Waals surface area contributed by atoms with Crippen LogP contribution in [-0.2, 0) is 0 Å². The molecule has 0 aromatic carbocycles. The van der Waals surface area contributed by atoms with E-state index >= 15 is 0 Å². The molecule has 1 aliphatic heterocycles. The molecular formula is C17H29NO. The molecule has 1 saturated heterocycles. The molecule has 0 radical (unpaired) electrons. The number of hydrogen-bond donors (Lipinski definition) is 2. The summed E-state index contributed by atoms with van der Waals surface area (Å²) in [5, 5.41) is 15.3. The number of hydrogen-bond acceptors (Lipinski definition) is 2. The largest absolute Gasteiger partial charge is 0.388 e. The van der Waals surface area contributed by atoms with Crippen LogP contribution in [-0.4, -0.2) is 23.3 Å². The lowest BCUT2D eigenvalue weighted by Gasteiger charge is -2.62. The van der Waals surface area contributed by atoms with Crippen LogP contribution < -0.4 is 5.32 Å². The van der Waals surface area contributed by atoms with Crippen LogP contribution in [0.4, 0.5) is 0 Å². The molecule has 2 atom stereocenters. The van der Waals surface area contributed by atoms with Gasteiger partial charge in [-0.25, -0.2) is 0 Å². The highest BCUT2D eigenvalue weighted by Crippen LogP contribution is 2.59. The van der Waals surface area contributed by atoms with Gasteiger partial charge in [0.1, 0.15) is 0 Å². The zero-order chi connectivity index (χ0) is 13.0. The zero-order valence-electron chi connectivity index (χ0n) is 12.3. The van der Waals surface area contributed by atoms with Gasteiger partial charge < -0.3 is 10.4 Å². The van der Waals surface area contributed by atoms with Gasteiger partial charge in [-0.2, -0.15) is 0 Å². The Hall–Kier alpha value is -0.0800. The molecule has 0 aromatic rings. The lowest BCUT2D eigenvalue weighted by atomic mass is 9.47. The maximum atomic E-state index is 11.6. The average Bonchev–Trinajstić information content (AvgIpc) is 2.44. The molecule has 4 bridgehead atoms. The minimum Gasteiger partial charge on any atom is -0.388 e. The zero-order valence-corrected chi connectivity index (χ0v) is 12.3. The molecule has 5 rings (SSSR count). The van der Waals surface area contributed by atoms with Crippen LogP contribution in [0.5, 0.6) is 0 Å². The van der Waals surface area contributed by atoms with E-state index in [-0.39, 0.29) is 5.60 Å². The van der Waals surface area contributed by atoms with Gasteiger partial charge in [0, 0.05) is 6.04 Å². The summed E-state index contributed by atoms with van der Waals surface area (Å²) in [5.74, 6) is 3.96. The van der Waals surface area contributed by atoms with Crippen molar-refractivity contribution in [1.29, 1.82) is 0 Å². The third kappa shape index (κ3) is 1.82. The van der Waals surface area contributed by atoms with E-state index in [0.717, 1.165) is 24.3 Å². The van der Waals surface area contributed by atoms with Gasteiger partial charge in [-0.1, -0.05) is 13.3 Å². The Labute approximate surface area is 117 Å². The van der Waals surface area contributed by atoms with Crippen molar-refractivity contribution in [2.45, 2.75) is 69.9 Å². The van der Waals surface area contributed by atoms with Gasteiger partial charge in [-0.05, 0) is 81.1 Å². The van der Waals surface area contributed by atoms with Crippen LogP contribution in [0.2, 0.25) is 0 Å². The molecule has 2 heteroatoms. The van der Waals surface area contributed by atoms with Crippen molar-refractivity contribution in [2.75, 3.05) is 6.54 Å². The average molecular weight is 263 g/mol. The molecule has 2 unspecified atom stereocenters.